The lowest BCUT2D eigenvalue weighted by Crippen LogP contribution is -2.59. The van der Waals surface area contributed by atoms with Gasteiger partial charge < -0.3 is 24.8 Å². The number of unbranched alkanes of at least 4 members (excludes halogenated alkanes) is 1. The van der Waals surface area contributed by atoms with E-state index in [2.05, 4.69) is 17.4 Å². The molecule has 0 radical (unpaired) electrons. The van der Waals surface area contributed by atoms with Gasteiger partial charge in [-0.25, -0.2) is 9.59 Å². The van der Waals surface area contributed by atoms with Gasteiger partial charge in [-0.1, -0.05) is 54.6 Å². The molecule has 0 bridgehead atoms. The number of urea groups is 1. The molecule has 1 aliphatic carbocycles. The van der Waals surface area contributed by atoms with Crippen molar-refractivity contribution in [1.29, 1.82) is 0 Å². The van der Waals surface area contributed by atoms with E-state index >= 15 is 0 Å². The van der Waals surface area contributed by atoms with Gasteiger partial charge in [0, 0.05) is 25.5 Å². The number of hydrogen-bond donors (Lipinski definition) is 2. The molecule has 4 rings (SSSR count). The third kappa shape index (κ3) is 6.95. The van der Waals surface area contributed by atoms with Gasteiger partial charge in [0.25, 0.3) is 0 Å². The van der Waals surface area contributed by atoms with E-state index in [0.29, 0.717) is 31.3 Å². The summed E-state index contributed by atoms with van der Waals surface area (Å²) < 4.78 is 11.6. The zero-order valence-corrected chi connectivity index (χ0v) is 23.7. The van der Waals surface area contributed by atoms with Crippen molar-refractivity contribution in [2.24, 2.45) is 0 Å². The van der Waals surface area contributed by atoms with Crippen LogP contribution in [0.15, 0.2) is 72.8 Å². The van der Waals surface area contributed by atoms with Crippen LogP contribution in [0.3, 0.4) is 0 Å². The first-order valence-corrected chi connectivity index (χ1v) is 14.2. The predicted molar refractivity (Wildman–Crippen MR) is 156 cm³/mol. The Hall–Kier alpha value is -4.00. The largest absolute Gasteiger partial charge is 0.494 e. The molecule has 2 amide bonds. The highest BCUT2D eigenvalue weighted by molar-refractivity contribution is 5.88. The second kappa shape index (κ2) is 13.4. The van der Waals surface area contributed by atoms with Crippen LogP contribution in [-0.4, -0.2) is 47.3 Å². The minimum Gasteiger partial charge on any atom is -0.494 e. The Balaban J connectivity index is 1.57. The van der Waals surface area contributed by atoms with Crippen LogP contribution in [0, 0.1) is 0 Å². The van der Waals surface area contributed by atoms with Crippen LogP contribution < -0.4 is 14.8 Å². The second-order valence-corrected chi connectivity index (χ2v) is 10.4. The summed E-state index contributed by atoms with van der Waals surface area (Å²) in [7, 11) is 0. The van der Waals surface area contributed by atoms with E-state index in [1.54, 1.807) is 4.90 Å². The van der Waals surface area contributed by atoms with Crippen molar-refractivity contribution in [1.82, 2.24) is 10.2 Å². The fourth-order valence-corrected chi connectivity index (χ4v) is 5.43. The van der Waals surface area contributed by atoms with Crippen molar-refractivity contribution in [3.63, 3.8) is 0 Å². The fourth-order valence-electron chi connectivity index (χ4n) is 5.43. The normalized spacial score (nSPS) is 14.2. The smallest absolute Gasteiger partial charge is 0.330 e. The van der Waals surface area contributed by atoms with Gasteiger partial charge in [-0.15, -0.1) is 0 Å². The van der Waals surface area contributed by atoms with E-state index in [1.165, 1.54) is 5.56 Å². The number of aliphatic carboxylic acids is 1. The first kappa shape index (κ1) is 29.0. The van der Waals surface area contributed by atoms with E-state index < -0.39 is 11.5 Å². The van der Waals surface area contributed by atoms with Crippen molar-refractivity contribution in [2.45, 2.75) is 64.5 Å². The van der Waals surface area contributed by atoms with Gasteiger partial charge in [-0.05, 0) is 74.4 Å². The molecule has 3 aromatic rings. The van der Waals surface area contributed by atoms with Crippen LogP contribution in [0.5, 0.6) is 11.5 Å². The summed E-state index contributed by atoms with van der Waals surface area (Å²) in [5, 5.41) is 13.2. The second-order valence-electron chi connectivity index (χ2n) is 10.4. The zero-order valence-electron chi connectivity index (χ0n) is 23.7. The number of rotatable bonds is 13. The highest BCUT2D eigenvalue weighted by Gasteiger charge is 2.46. The van der Waals surface area contributed by atoms with Gasteiger partial charge in [-0.3, -0.25) is 0 Å². The van der Waals surface area contributed by atoms with Crippen LogP contribution in [0.4, 0.5) is 4.79 Å². The van der Waals surface area contributed by atoms with Gasteiger partial charge in [0.05, 0.1) is 19.3 Å². The number of carbonyl (C=O) groups excluding carboxylic acids is 1. The third-order valence-electron chi connectivity index (χ3n) is 7.55. The molecule has 7 heteroatoms. The van der Waals surface area contributed by atoms with Gasteiger partial charge in [0.2, 0.25) is 0 Å². The minimum atomic E-state index is -1.38. The van der Waals surface area contributed by atoms with Crippen LogP contribution >= 0.6 is 0 Å². The number of fused-ring (bicyclic) bond motifs is 1. The van der Waals surface area contributed by atoms with Crippen molar-refractivity contribution in [3.05, 3.63) is 95.1 Å². The molecule has 1 unspecified atom stereocenters. The van der Waals surface area contributed by atoms with Crippen LogP contribution in [0.2, 0.25) is 0 Å². The van der Waals surface area contributed by atoms with E-state index in [0.717, 1.165) is 36.0 Å². The molecule has 0 saturated heterocycles. The molecule has 0 heterocycles. The number of nitrogens with zero attached hydrogens (tertiary/aromatic N) is 1. The molecular weight excluding hydrogens is 504 g/mol. The number of carbonyl (C=O) groups is 2. The summed E-state index contributed by atoms with van der Waals surface area (Å²) in [5.41, 5.74) is 2.65. The summed E-state index contributed by atoms with van der Waals surface area (Å²) >= 11 is 0. The number of ether oxygens (including phenoxy) is 2. The maximum Gasteiger partial charge on any atom is 0.330 e. The Kier molecular flexibility index (Phi) is 9.70. The quantitative estimate of drug-likeness (QED) is 0.250. The van der Waals surface area contributed by atoms with Gasteiger partial charge in [0.1, 0.15) is 17.0 Å². The lowest BCUT2D eigenvalue weighted by atomic mass is 9.96. The summed E-state index contributed by atoms with van der Waals surface area (Å²) in [6.45, 7) is 7.31. The lowest BCUT2D eigenvalue weighted by molar-refractivity contribution is -0.144. The number of carboxylic acid groups (broad SMARTS) is 1. The molecule has 212 valence electrons. The summed E-state index contributed by atoms with van der Waals surface area (Å²) in [6, 6.07) is 22.9. The number of amides is 2. The summed E-state index contributed by atoms with van der Waals surface area (Å²) in [6.07, 6.45) is 3.10. The standard InChI is InChI=1S/C33H40N2O5/c1-4-39-29-19-28(20-30(21-29)40-5-2)24(3)35(18-12-11-15-25-13-7-6-8-14-25)32(38)34-33(31(36)37)22-26-16-9-10-17-27(26)23-33/h6-10,13-14,16-17,19-21,24H,4-5,11-12,15,18,22-23H2,1-3H3,(H,34,38)(H,36,37). The maximum absolute atomic E-state index is 13.9. The van der Waals surface area contributed by atoms with Crippen LogP contribution in [0.25, 0.3) is 0 Å². The number of carboxylic acids is 1. The summed E-state index contributed by atoms with van der Waals surface area (Å²) in [4.78, 5) is 28.3. The van der Waals surface area contributed by atoms with Gasteiger partial charge in [-0.2, -0.15) is 0 Å². The van der Waals surface area contributed by atoms with E-state index in [-0.39, 0.29) is 24.9 Å². The Morgan fingerprint density at radius 2 is 1.48 bits per heavy atom. The molecule has 1 atom stereocenters. The summed E-state index contributed by atoms with van der Waals surface area (Å²) in [5.74, 6) is 0.326. The molecule has 1 aliphatic rings. The molecule has 3 aromatic carbocycles. The van der Waals surface area contributed by atoms with Crippen molar-refractivity contribution in [2.75, 3.05) is 19.8 Å². The minimum absolute atomic E-state index is 0.259. The maximum atomic E-state index is 13.9. The first-order chi connectivity index (χ1) is 19.3. The Bertz CT molecular complexity index is 1240. The number of nitrogens with one attached hydrogen (secondary N) is 1. The number of hydrogen-bond acceptors (Lipinski definition) is 4. The van der Waals surface area contributed by atoms with Gasteiger partial charge >= 0.3 is 12.0 Å². The van der Waals surface area contributed by atoms with Crippen molar-refractivity contribution in [3.8, 4) is 11.5 Å². The number of aryl methyl sites for hydroxylation is 1. The Labute approximate surface area is 237 Å². The van der Waals surface area contributed by atoms with Gasteiger partial charge in [0.15, 0.2) is 0 Å². The SMILES string of the molecule is CCOc1cc(OCC)cc(C(C)N(CCCCc2ccccc2)C(=O)NC2(C(=O)O)Cc3ccccc3C2)c1. The average Bonchev–Trinajstić information content (AvgIpc) is 3.33. The topological polar surface area (TPSA) is 88.1 Å². The predicted octanol–water partition coefficient (Wildman–Crippen LogP) is 6.20. The molecule has 0 spiro atoms. The molecule has 0 fully saturated rings. The van der Waals surface area contributed by atoms with E-state index in [1.807, 2.05) is 81.4 Å². The molecule has 7 nitrogen and oxygen atoms in total. The molecule has 0 aromatic heterocycles. The molecular formula is C33H40N2O5. The monoisotopic (exact) mass is 544 g/mol. The average molecular weight is 545 g/mol. The number of benzene rings is 3. The zero-order chi connectivity index (χ0) is 28.5. The molecule has 40 heavy (non-hydrogen) atoms. The van der Waals surface area contributed by atoms with Crippen LogP contribution in [0.1, 0.15) is 61.9 Å². The third-order valence-corrected chi connectivity index (χ3v) is 7.55. The Morgan fingerprint density at radius 1 is 0.900 bits per heavy atom. The van der Waals surface area contributed by atoms with E-state index in [4.69, 9.17) is 9.47 Å². The fraction of sp³-hybridized carbons (Fsp3) is 0.394. The highest BCUT2D eigenvalue weighted by Crippen LogP contribution is 2.33. The van der Waals surface area contributed by atoms with Crippen LogP contribution in [-0.2, 0) is 24.1 Å². The molecule has 2 N–H and O–H groups in total. The van der Waals surface area contributed by atoms with Crippen molar-refractivity contribution >= 4 is 12.0 Å². The Morgan fingerprint density at radius 3 is 2.02 bits per heavy atom. The first-order valence-electron chi connectivity index (χ1n) is 14.2. The lowest BCUT2D eigenvalue weighted by Gasteiger charge is -2.34. The van der Waals surface area contributed by atoms with Crippen molar-refractivity contribution < 1.29 is 24.2 Å². The molecule has 0 saturated carbocycles. The van der Waals surface area contributed by atoms with E-state index in [9.17, 15) is 14.7 Å². The highest BCUT2D eigenvalue weighted by atomic mass is 16.5. The molecule has 0 aliphatic heterocycles.